The lowest BCUT2D eigenvalue weighted by molar-refractivity contribution is -0.167. The Morgan fingerprint density at radius 3 is 0.699 bits per heavy atom. The van der Waals surface area contributed by atoms with Gasteiger partial charge < -0.3 is 14.2 Å². The Kier molecular flexibility index (Phi) is 60.6. The minimum Gasteiger partial charge on any atom is -0.462 e. The molecule has 0 aromatic heterocycles. The van der Waals surface area contributed by atoms with Gasteiger partial charge in [-0.2, -0.15) is 0 Å². The van der Waals surface area contributed by atoms with Crippen molar-refractivity contribution in [3.05, 3.63) is 24.3 Å². The molecular formula is C67H126O6. The van der Waals surface area contributed by atoms with E-state index >= 15 is 0 Å². The van der Waals surface area contributed by atoms with E-state index in [9.17, 15) is 14.4 Å². The molecule has 73 heavy (non-hydrogen) atoms. The molecule has 6 nitrogen and oxygen atoms in total. The number of allylic oxidation sites excluding steroid dienone is 4. The second-order valence-corrected chi connectivity index (χ2v) is 22.4. The number of carbonyl (C=O) groups excluding carboxylic acids is 3. The van der Waals surface area contributed by atoms with E-state index in [1.807, 2.05) is 0 Å². The van der Waals surface area contributed by atoms with Crippen LogP contribution in [-0.2, 0) is 28.6 Å². The number of carbonyl (C=O) groups is 3. The van der Waals surface area contributed by atoms with Crippen LogP contribution < -0.4 is 0 Å². The number of ether oxygens (including phenoxy) is 3. The Hall–Kier alpha value is -2.11. The number of esters is 3. The highest BCUT2D eigenvalue weighted by molar-refractivity contribution is 5.71. The van der Waals surface area contributed by atoms with Gasteiger partial charge >= 0.3 is 17.9 Å². The van der Waals surface area contributed by atoms with Gasteiger partial charge in [0.1, 0.15) is 13.2 Å². The predicted octanol–water partition coefficient (Wildman–Crippen LogP) is 22.2. The van der Waals surface area contributed by atoms with Crippen LogP contribution in [0.25, 0.3) is 0 Å². The number of rotatable bonds is 61. The average molecular weight is 1030 g/mol. The van der Waals surface area contributed by atoms with Crippen molar-refractivity contribution in [2.45, 2.75) is 374 Å². The van der Waals surface area contributed by atoms with Gasteiger partial charge in [0.15, 0.2) is 6.10 Å². The van der Waals surface area contributed by atoms with E-state index in [1.54, 1.807) is 0 Å². The van der Waals surface area contributed by atoms with Crippen molar-refractivity contribution in [3.8, 4) is 0 Å². The van der Waals surface area contributed by atoms with Crippen molar-refractivity contribution in [1.82, 2.24) is 0 Å². The highest BCUT2D eigenvalue weighted by atomic mass is 16.6. The zero-order valence-corrected chi connectivity index (χ0v) is 49.4. The van der Waals surface area contributed by atoms with E-state index < -0.39 is 6.10 Å². The summed E-state index contributed by atoms with van der Waals surface area (Å²) < 4.78 is 16.9. The third kappa shape index (κ3) is 60.6. The average Bonchev–Trinajstić information content (AvgIpc) is 3.39. The fourth-order valence-electron chi connectivity index (χ4n) is 9.97. The molecule has 6 heteroatoms. The minimum absolute atomic E-state index is 0.0696. The Balaban J connectivity index is 4.25. The summed E-state index contributed by atoms with van der Waals surface area (Å²) in [7, 11) is 0. The molecular weight excluding hydrogens is 901 g/mol. The zero-order valence-electron chi connectivity index (χ0n) is 49.4. The van der Waals surface area contributed by atoms with E-state index in [0.717, 1.165) is 64.2 Å². The van der Waals surface area contributed by atoms with Crippen LogP contribution >= 0.6 is 0 Å². The quantitative estimate of drug-likeness (QED) is 0.0261. The topological polar surface area (TPSA) is 78.9 Å². The Morgan fingerprint density at radius 1 is 0.260 bits per heavy atom. The molecule has 1 atom stereocenters. The Morgan fingerprint density at radius 2 is 0.452 bits per heavy atom. The summed E-state index contributed by atoms with van der Waals surface area (Å²) in [5.41, 5.74) is 0. The van der Waals surface area contributed by atoms with Crippen LogP contribution in [0, 0.1) is 0 Å². The van der Waals surface area contributed by atoms with E-state index in [4.69, 9.17) is 14.2 Å². The molecule has 0 saturated carbocycles. The Bertz CT molecular complexity index is 1180. The van der Waals surface area contributed by atoms with Crippen molar-refractivity contribution in [2.75, 3.05) is 13.2 Å². The molecule has 0 aliphatic heterocycles. The molecule has 0 saturated heterocycles. The molecule has 0 aliphatic carbocycles. The predicted molar refractivity (Wildman–Crippen MR) is 316 cm³/mol. The van der Waals surface area contributed by atoms with Crippen LogP contribution in [0.1, 0.15) is 367 Å². The first-order valence-electron chi connectivity index (χ1n) is 32.8. The van der Waals surface area contributed by atoms with Crippen LogP contribution in [0.4, 0.5) is 0 Å². The van der Waals surface area contributed by atoms with Crippen LogP contribution in [0.5, 0.6) is 0 Å². The van der Waals surface area contributed by atoms with Gasteiger partial charge in [-0.1, -0.05) is 302 Å². The van der Waals surface area contributed by atoms with E-state index in [-0.39, 0.29) is 31.1 Å². The lowest BCUT2D eigenvalue weighted by atomic mass is 10.0. The molecule has 0 fully saturated rings. The van der Waals surface area contributed by atoms with Crippen molar-refractivity contribution in [2.24, 2.45) is 0 Å². The summed E-state index contributed by atoms with van der Waals surface area (Å²) in [6.45, 7) is 6.68. The molecule has 0 N–H and O–H groups in total. The normalized spacial score (nSPS) is 12.1. The molecule has 0 radical (unpaired) electrons. The fraction of sp³-hybridized carbons (Fsp3) is 0.896. The van der Waals surface area contributed by atoms with Crippen molar-refractivity contribution >= 4 is 17.9 Å². The van der Waals surface area contributed by atoms with E-state index in [1.165, 1.54) is 263 Å². The molecule has 1 unspecified atom stereocenters. The second-order valence-electron chi connectivity index (χ2n) is 22.4. The van der Waals surface area contributed by atoms with Crippen LogP contribution in [0.2, 0.25) is 0 Å². The van der Waals surface area contributed by atoms with Crippen LogP contribution in [0.3, 0.4) is 0 Å². The van der Waals surface area contributed by atoms with Crippen LogP contribution in [0.15, 0.2) is 24.3 Å². The van der Waals surface area contributed by atoms with Crippen molar-refractivity contribution < 1.29 is 28.6 Å². The SMILES string of the molecule is CCCCCC/C=C\CCCCCCCC(=O)OCC(COC(=O)CCCCCCCCCCCCCCCCCCCCCCCCC)OC(=O)CCCCCCCCCCC/C=C\CCCCCCCC. The summed E-state index contributed by atoms with van der Waals surface area (Å²) in [5.74, 6) is -0.854. The molecule has 0 heterocycles. The van der Waals surface area contributed by atoms with Gasteiger partial charge in [0, 0.05) is 19.3 Å². The summed E-state index contributed by atoms with van der Waals surface area (Å²) in [5, 5.41) is 0. The van der Waals surface area contributed by atoms with Gasteiger partial charge in [0.25, 0.3) is 0 Å². The first kappa shape index (κ1) is 70.9. The summed E-state index contributed by atoms with van der Waals surface area (Å²) in [6, 6.07) is 0. The molecule has 0 aromatic rings. The van der Waals surface area contributed by atoms with Gasteiger partial charge in [0.05, 0.1) is 0 Å². The highest BCUT2D eigenvalue weighted by Gasteiger charge is 2.19. The zero-order chi connectivity index (χ0) is 52.9. The molecule has 0 amide bonds. The monoisotopic (exact) mass is 1030 g/mol. The lowest BCUT2D eigenvalue weighted by Crippen LogP contribution is -2.30. The number of hydrogen-bond donors (Lipinski definition) is 0. The van der Waals surface area contributed by atoms with Gasteiger partial charge in [-0.05, 0) is 70.6 Å². The minimum atomic E-state index is -0.773. The van der Waals surface area contributed by atoms with Crippen molar-refractivity contribution in [1.29, 1.82) is 0 Å². The highest BCUT2D eigenvalue weighted by Crippen LogP contribution is 2.18. The molecule has 0 aliphatic rings. The summed E-state index contributed by atoms with van der Waals surface area (Å²) in [6.07, 6.45) is 74.8. The van der Waals surface area contributed by atoms with Gasteiger partial charge in [-0.25, -0.2) is 0 Å². The third-order valence-corrected chi connectivity index (χ3v) is 14.9. The lowest BCUT2D eigenvalue weighted by Gasteiger charge is -2.18. The molecule has 0 spiro atoms. The molecule has 0 bridgehead atoms. The third-order valence-electron chi connectivity index (χ3n) is 14.9. The Labute approximate surface area is 455 Å². The maximum atomic E-state index is 12.9. The van der Waals surface area contributed by atoms with E-state index in [2.05, 4.69) is 45.1 Å². The number of unbranched alkanes of at least 4 members (excludes halogenated alkanes) is 46. The van der Waals surface area contributed by atoms with Crippen molar-refractivity contribution in [3.63, 3.8) is 0 Å². The summed E-state index contributed by atoms with van der Waals surface area (Å²) >= 11 is 0. The maximum Gasteiger partial charge on any atom is 0.306 e. The first-order chi connectivity index (χ1) is 36.0. The number of hydrogen-bond acceptors (Lipinski definition) is 6. The fourth-order valence-corrected chi connectivity index (χ4v) is 9.97. The standard InChI is InChI=1S/C67H126O6/c1-4-7-10-13-16-19-22-25-27-29-31-32-33-34-36-37-39-42-45-48-51-54-57-60-66(69)72-63-64(62-71-65(68)59-56-53-50-47-44-41-24-21-18-15-12-9-6-3)73-67(70)61-58-55-52-49-46-43-40-38-35-30-28-26-23-20-17-14-11-8-5-2/h21,24,26,28,64H,4-20,22-23,25,27,29-63H2,1-3H3/b24-21-,28-26-. The molecule has 0 aromatic carbocycles. The maximum absolute atomic E-state index is 12.9. The van der Waals surface area contributed by atoms with E-state index in [0.29, 0.717) is 19.3 Å². The summed E-state index contributed by atoms with van der Waals surface area (Å²) in [4.78, 5) is 38.3. The van der Waals surface area contributed by atoms with Gasteiger partial charge in [0.2, 0.25) is 0 Å². The van der Waals surface area contributed by atoms with Crippen LogP contribution in [-0.4, -0.2) is 37.2 Å². The molecule has 430 valence electrons. The van der Waals surface area contributed by atoms with Gasteiger partial charge in [-0.3, -0.25) is 14.4 Å². The molecule has 0 rings (SSSR count). The smallest absolute Gasteiger partial charge is 0.306 e. The largest absolute Gasteiger partial charge is 0.462 e. The van der Waals surface area contributed by atoms with Gasteiger partial charge in [-0.15, -0.1) is 0 Å². The first-order valence-corrected chi connectivity index (χ1v) is 32.8. The second kappa shape index (κ2) is 62.4.